The van der Waals surface area contributed by atoms with Gasteiger partial charge in [-0.3, -0.25) is 0 Å². The van der Waals surface area contributed by atoms with E-state index in [-0.39, 0.29) is 12.1 Å². The second-order valence-corrected chi connectivity index (χ2v) is 5.37. The molecule has 2 heterocycles. The Bertz CT molecular complexity index is 406. The minimum Gasteiger partial charge on any atom is -0.444 e. The second kappa shape index (κ2) is 4.39. The first-order valence-corrected chi connectivity index (χ1v) is 5.93. The molecule has 0 aliphatic carbocycles. The third kappa shape index (κ3) is 3.22. The molecule has 1 aliphatic rings. The van der Waals surface area contributed by atoms with Crippen LogP contribution in [0.15, 0.2) is 12.4 Å². The molecule has 0 saturated carbocycles. The van der Waals surface area contributed by atoms with Gasteiger partial charge >= 0.3 is 6.09 Å². The predicted octanol–water partition coefficient (Wildman–Crippen LogP) is 1.72. The van der Waals surface area contributed by atoms with E-state index >= 15 is 0 Å². The van der Waals surface area contributed by atoms with E-state index in [0.717, 1.165) is 25.2 Å². The van der Waals surface area contributed by atoms with Gasteiger partial charge in [0.05, 0.1) is 0 Å². The highest BCUT2D eigenvalue weighted by Crippen LogP contribution is 2.14. The van der Waals surface area contributed by atoms with Gasteiger partial charge in [0.25, 0.3) is 0 Å². The number of rotatable bonds is 1. The van der Waals surface area contributed by atoms with Gasteiger partial charge in [-0.25, -0.2) is 9.78 Å². The van der Waals surface area contributed by atoms with Crippen molar-refractivity contribution < 1.29 is 9.53 Å². The Morgan fingerprint density at radius 2 is 2.35 bits per heavy atom. The van der Waals surface area contributed by atoms with E-state index in [9.17, 15) is 4.79 Å². The van der Waals surface area contributed by atoms with Crippen molar-refractivity contribution in [2.75, 3.05) is 0 Å². The minimum atomic E-state index is -0.447. The van der Waals surface area contributed by atoms with Crippen molar-refractivity contribution in [2.24, 2.45) is 0 Å². The minimum absolute atomic E-state index is 0.125. The number of aryl methyl sites for hydroxylation is 1. The molecule has 1 N–H and O–H groups in total. The van der Waals surface area contributed by atoms with Gasteiger partial charge in [-0.1, -0.05) is 0 Å². The third-order valence-electron chi connectivity index (χ3n) is 2.67. The summed E-state index contributed by atoms with van der Waals surface area (Å²) in [6.45, 7) is 6.48. The van der Waals surface area contributed by atoms with E-state index in [4.69, 9.17) is 4.74 Å². The summed E-state index contributed by atoms with van der Waals surface area (Å²) >= 11 is 0. The van der Waals surface area contributed by atoms with Crippen molar-refractivity contribution in [2.45, 2.75) is 51.8 Å². The van der Waals surface area contributed by atoms with E-state index in [2.05, 4.69) is 14.9 Å². The Balaban J connectivity index is 1.88. The van der Waals surface area contributed by atoms with Gasteiger partial charge in [-0.05, 0) is 27.2 Å². The molecular formula is C12H19N3O2. The number of ether oxygens (including phenoxy) is 1. The first-order valence-electron chi connectivity index (χ1n) is 5.93. The van der Waals surface area contributed by atoms with Gasteiger partial charge in [0, 0.05) is 31.4 Å². The topological polar surface area (TPSA) is 56.1 Å². The molecule has 0 fully saturated rings. The summed E-state index contributed by atoms with van der Waals surface area (Å²) in [4.78, 5) is 15.9. The quantitative estimate of drug-likeness (QED) is 0.809. The number of nitrogens with zero attached hydrogens (tertiary/aromatic N) is 2. The van der Waals surface area contributed by atoms with E-state index in [1.807, 2.05) is 27.0 Å². The van der Waals surface area contributed by atoms with Gasteiger partial charge in [0.15, 0.2) is 0 Å². The van der Waals surface area contributed by atoms with Crippen LogP contribution in [0.4, 0.5) is 4.79 Å². The highest BCUT2D eigenvalue weighted by Gasteiger charge is 2.23. The van der Waals surface area contributed by atoms with Crippen molar-refractivity contribution in [3.8, 4) is 0 Å². The molecule has 0 spiro atoms. The number of carbonyl (C=O) groups excluding carboxylic acids is 1. The van der Waals surface area contributed by atoms with E-state index < -0.39 is 5.60 Å². The molecule has 1 aliphatic heterocycles. The van der Waals surface area contributed by atoms with E-state index in [0.29, 0.717) is 0 Å². The fraction of sp³-hybridized carbons (Fsp3) is 0.667. The van der Waals surface area contributed by atoms with Crippen molar-refractivity contribution >= 4 is 6.09 Å². The Labute approximate surface area is 101 Å². The van der Waals surface area contributed by atoms with Crippen LogP contribution in [-0.4, -0.2) is 27.3 Å². The number of hydrogen-bond donors (Lipinski definition) is 1. The highest BCUT2D eigenvalue weighted by atomic mass is 16.6. The average Bonchev–Trinajstić information content (AvgIpc) is 2.61. The first kappa shape index (κ1) is 12.0. The molecule has 0 radical (unpaired) electrons. The molecule has 1 aromatic rings. The van der Waals surface area contributed by atoms with Crippen molar-refractivity contribution in [1.82, 2.24) is 14.9 Å². The predicted molar refractivity (Wildman–Crippen MR) is 63.7 cm³/mol. The van der Waals surface area contributed by atoms with Crippen molar-refractivity contribution in [3.63, 3.8) is 0 Å². The highest BCUT2D eigenvalue weighted by molar-refractivity contribution is 5.68. The summed E-state index contributed by atoms with van der Waals surface area (Å²) in [6, 6.07) is 0.125. The van der Waals surface area contributed by atoms with E-state index in [1.54, 1.807) is 6.20 Å². The molecule has 0 aromatic carbocycles. The summed E-state index contributed by atoms with van der Waals surface area (Å²) in [5.41, 5.74) is -0.447. The first-order chi connectivity index (χ1) is 7.94. The Kier molecular flexibility index (Phi) is 3.09. The molecule has 0 bridgehead atoms. The number of aromatic nitrogens is 2. The molecule has 94 valence electrons. The molecule has 1 aromatic heterocycles. The molecule has 2 rings (SSSR count). The SMILES string of the molecule is CC(C)(C)OC(=O)NC1CCn2ccnc2C1. The summed E-state index contributed by atoms with van der Waals surface area (Å²) in [7, 11) is 0. The number of hydrogen-bond acceptors (Lipinski definition) is 3. The van der Waals surface area contributed by atoms with Crippen LogP contribution in [0, 0.1) is 0 Å². The number of nitrogens with one attached hydrogen (secondary N) is 1. The van der Waals surface area contributed by atoms with Crippen LogP contribution in [0.3, 0.4) is 0 Å². The van der Waals surface area contributed by atoms with Crippen LogP contribution in [0.1, 0.15) is 33.0 Å². The maximum absolute atomic E-state index is 11.6. The number of amides is 1. The fourth-order valence-corrected chi connectivity index (χ4v) is 1.95. The zero-order valence-corrected chi connectivity index (χ0v) is 10.6. The monoisotopic (exact) mass is 237 g/mol. The van der Waals surface area contributed by atoms with Gasteiger partial charge in [0.1, 0.15) is 11.4 Å². The molecule has 17 heavy (non-hydrogen) atoms. The van der Waals surface area contributed by atoms with Crippen LogP contribution in [0.25, 0.3) is 0 Å². The molecule has 1 amide bonds. The smallest absolute Gasteiger partial charge is 0.407 e. The molecule has 0 saturated heterocycles. The molecule has 1 atom stereocenters. The Hall–Kier alpha value is -1.52. The largest absolute Gasteiger partial charge is 0.444 e. The zero-order chi connectivity index (χ0) is 12.5. The van der Waals surface area contributed by atoms with Gasteiger partial charge in [-0.15, -0.1) is 0 Å². The fourth-order valence-electron chi connectivity index (χ4n) is 1.95. The summed E-state index contributed by atoms with van der Waals surface area (Å²) in [6.07, 6.45) is 5.11. The van der Waals surface area contributed by atoms with Crippen molar-refractivity contribution in [1.29, 1.82) is 0 Å². The standard InChI is InChI=1S/C12H19N3O2/c1-12(2,3)17-11(16)14-9-4-6-15-7-5-13-10(15)8-9/h5,7,9H,4,6,8H2,1-3H3,(H,14,16). The lowest BCUT2D eigenvalue weighted by Gasteiger charge is -2.26. The normalized spacial score (nSPS) is 19.6. The Morgan fingerprint density at radius 1 is 1.59 bits per heavy atom. The summed E-state index contributed by atoms with van der Waals surface area (Å²) in [5, 5.41) is 2.89. The third-order valence-corrected chi connectivity index (χ3v) is 2.67. The van der Waals surface area contributed by atoms with Crippen LogP contribution in [0.5, 0.6) is 0 Å². The molecular weight excluding hydrogens is 218 g/mol. The van der Waals surface area contributed by atoms with E-state index in [1.165, 1.54) is 0 Å². The van der Waals surface area contributed by atoms with Gasteiger partial charge in [-0.2, -0.15) is 0 Å². The average molecular weight is 237 g/mol. The second-order valence-electron chi connectivity index (χ2n) is 5.37. The Morgan fingerprint density at radius 3 is 3.06 bits per heavy atom. The van der Waals surface area contributed by atoms with Crippen LogP contribution in [-0.2, 0) is 17.7 Å². The van der Waals surface area contributed by atoms with Gasteiger partial charge < -0.3 is 14.6 Å². The van der Waals surface area contributed by atoms with Crippen LogP contribution >= 0.6 is 0 Å². The zero-order valence-electron chi connectivity index (χ0n) is 10.6. The van der Waals surface area contributed by atoms with Gasteiger partial charge in [0.2, 0.25) is 0 Å². The lowest BCUT2D eigenvalue weighted by atomic mass is 10.1. The lowest BCUT2D eigenvalue weighted by Crippen LogP contribution is -2.42. The molecule has 5 heteroatoms. The maximum Gasteiger partial charge on any atom is 0.407 e. The summed E-state index contributed by atoms with van der Waals surface area (Å²) in [5.74, 6) is 1.03. The number of fused-ring (bicyclic) bond motifs is 1. The summed E-state index contributed by atoms with van der Waals surface area (Å²) < 4.78 is 7.35. The van der Waals surface area contributed by atoms with Crippen LogP contribution < -0.4 is 5.32 Å². The molecule has 1 unspecified atom stereocenters. The maximum atomic E-state index is 11.6. The number of carbonyl (C=O) groups is 1. The van der Waals surface area contributed by atoms with Crippen LogP contribution in [0.2, 0.25) is 0 Å². The van der Waals surface area contributed by atoms with Crippen molar-refractivity contribution in [3.05, 3.63) is 18.2 Å². The number of alkyl carbamates (subject to hydrolysis) is 1. The number of imidazole rings is 1. The lowest BCUT2D eigenvalue weighted by molar-refractivity contribution is 0.0496. The molecule has 5 nitrogen and oxygen atoms in total.